The summed E-state index contributed by atoms with van der Waals surface area (Å²) in [4.78, 5) is 2.07. The molecule has 1 aromatic carbocycles. The Morgan fingerprint density at radius 2 is 2.15 bits per heavy atom. The van der Waals surface area contributed by atoms with E-state index in [1.165, 1.54) is 12.8 Å². The van der Waals surface area contributed by atoms with Gasteiger partial charge in [-0.15, -0.1) is 0 Å². The molecule has 0 amide bonds. The van der Waals surface area contributed by atoms with E-state index in [4.69, 9.17) is 5.73 Å². The van der Waals surface area contributed by atoms with Crippen LogP contribution in [0.2, 0.25) is 0 Å². The molecule has 0 heterocycles. The van der Waals surface area contributed by atoms with Gasteiger partial charge in [0.1, 0.15) is 5.82 Å². The summed E-state index contributed by atoms with van der Waals surface area (Å²) in [5, 5.41) is 0. The Morgan fingerprint density at radius 1 is 1.50 bits per heavy atom. The van der Waals surface area contributed by atoms with Crippen LogP contribution in [0.1, 0.15) is 12.8 Å². The van der Waals surface area contributed by atoms with Crippen LogP contribution in [-0.2, 0) is 10.0 Å². The highest BCUT2D eigenvalue weighted by Crippen LogP contribution is 2.27. The first-order chi connectivity index (χ1) is 9.31. The summed E-state index contributed by atoms with van der Waals surface area (Å²) in [7, 11) is -1.73. The van der Waals surface area contributed by atoms with Gasteiger partial charge < -0.3 is 10.6 Å². The summed E-state index contributed by atoms with van der Waals surface area (Å²) >= 11 is 3.05. The molecule has 0 spiro atoms. The molecule has 1 fully saturated rings. The van der Waals surface area contributed by atoms with Gasteiger partial charge in [0.15, 0.2) is 0 Å². The fraction of sp³-hybridized carbons (Fsp3) is 0.500. The number of benzene rings is 1. The fourth-order valence-electron chi connectivity index (χ4n) is 1.88. The van der Waals surface area contributed by atoms with Crippen LogP contribution >= 0.6 is 15.9 Å². The molecule has 20 heavy (non-hydrogen) atoms. The van der Waals surface area contributed by atoms with Crippen LogP contribution < -0.4 is 10.5 Å². The second-order valence-corrected chi connectivity index (χ2v) is 7.50. The van der Waals surface area contributed by atoms with Gasteiger partial charge in [0, 0.05) is 23.6 Å². The van der Waals surface area contributed by atoms with E-state index in [1.807, 2.05) is 7.05 Å². The number of rotatable bonds is 6. The molecule has 0 radical (unpaired) electrons. The standard InChI is InChI=1S/C12H17BrFN3O2S/c1-17(8-2-3-8)5-4-16-20(18,19)12-7-11(15)10(14)6-9(12)13/h6-8,16H,2-5,15H2,1H3. The zero-order valence-electron chi connectivity index (χ0n) is 11.1. The van der Waals surface area contributed by atoms with E-state index in [9.17, 15) is 12.8 Å². The number of hydrogen-bond acceptors (Lipinski definition) is 4. The highest BCUT2D eigenvalue weighted by molar-refractivity contribution is 9.10. The molecular formula is C12H17BrFN3O2S. The molecule has 0 aliphatic heterocycles. The molecule has 0 unspecified atom stereocenters. The summed E-state index contributed by atoms with van der Waals surface area (Å²) in [6, 6.07) is 2.75. The van der Waals surface area contributed by atoms with Crippen molar-refractivity contribution in [2.45, 2.75) is 23.8 Å². The number of hydrogen-bond donors (Lipinski definition) is 2. The SMILES string of the molecule is CN(CCNS(=O)(=O)c1cc(N)c(F)cc1Br)C1CC1. The quantitative estimate of drug-likeness (QED) is 0.749. The smallest absolute Gasteiger partial charge is 0.241 e. The first kappa shape index (κ1) is 15.7. The highest BCUT2D eigenvalue weighted by Gasteiger charge is 2.26. The molecule has 0 bridgehead atoms. The second kappa shape index (κ2) is 5.97. The zero-order valence-corrected chi connectivity index (χ0v) is 13.5. The number of nitrogen functional groups attached to an aromatic ring is 1. The van der Waals surface area contributed by atoms with Crippen LogP contribution in [0.3, 0.4) is 0 Å². The van der Waals surface area contributed by atoms with Crippen molar-refractivity contribution in [3.8, 4) is 0 Å². The van der Waals surface area contributed by atoms with E-state index >= 15 is 0 Å². The Hall–Kier alpha value is -0.700. The number of halogens is 2. The van der Waals surface area contributed by atoms with Crippen molar-refractivity contribution in [2.24, 2.45) is 0 Å². The summed E-state index contributed by atoms with van der Waals surface area (Å²) in [6.07, 6.45) is 2.34. The zero-order chi connectivity index (χ0) is 14.9. The molecule has 1 aliphatic rings. The van der Waals surface area contributed by atoms with Gasteiger partial charge in [-0.05, 0) is 48.0 Å². The number of sulfonamides is 1. The average Bonchev–Trinajstić information content (AvgIpc) is 3.17. The van der Waals surface area contributed by atoms with E-state index in [1.54, 1.807) is 0 Å². The second-order valence-electron chi connectivity index (χ2n) is 4.91. The van der Waals surface area contributed by atoms with Gasteiger partial charge in [-0.1, -0.05) is 0 Å². The topological polar surface area (TPSA) is 75.4 Å². The van der Waals surface area contributed by atoms with Crippen molar-refractivity contribution in [3.05, 3.63) is 22.4 Å². The van der Waals surface area contributed by atoms with Crippen LogP contribution in [0, 0.1) is 5.82 Å². The van der Waals surface area contributed by atoms with Crippen LogP contribution in [0.25, 0.3) is 0 Å². The Kier molecular flexibility index (Phi) is 4.68. The maximum Gasteiger partial charge on any atom is 0.241 e. The third-order valence-electron chi connectivity index (χ3n) is 3.27. The predicted octanol–water partition coefficient (Wildman–Crippen LogP) is 1.54. The Morgan fingerprint density at radius 3 is 2.75 bits per heavy atom. The van der Waals surface area contributed by atoms with E-state index in [0.29, 0.717) is 19.1 Å². The molecular weight excluding hydrogens is 349 g/mol. The summed E-state index contributed by atoms with van der Waals surface area (Å²) in [6.45, 7) is 0.942. The minimum Gasteiger partial charge on any atom is -0.396 e. The molecule has 8 heteroatoms. The first-order valence-corrected chi connectivity index (χ1v) is 8.53. The summed E-state index contributed by atoms with van der Waals surface area (Å²) in [5.41, 5.74) is 5.22. The van der Waals surface area contributed by atoms with Gasteiger partial charge in [0.05, 0.1) is 10.6 Å². The van der Waals surface area contributed by atoms with Gasteiger partial charge >= 0.3 is 0 Å². The van der Waals surface area contributed by atoms with Gasteiger partial charge in [-0.25, -0.2) is 17.5 Å². The van der Waals surface area contributed by atoms with E-state index in [-0.39, 0.29) is 15.1 Å². The molecule has 2 rings (SSSR count). The van der Waals surface area contributed by atoms with Crippen molar-refractivity contribution in [1.82, 2.24) is 9.62 Å². The maximum absolute atomic E-state index is 13.2. The van der Waals surface area contributed by atoms with Crippen molar-refractivity contribution < 1.29 is 12.8 Å². The number of anilines is 1. The minimum atomic E-state index is -3.70. The first-order valence-electron chi connectivity index (χ1n) is 6.25. The summed E-state index contributed by atoms with van der Waals surface area (Å²) in [5.74, 6) is -0.649. The van der Waals surface area contributed by atoms with Crippen molar-refractivity contribution in [2.75, 3.05) is 25.9 Å². The number of likely N-dealkylation sites (N-methyl/N-ethyl adjacent to an activating group) is 1. The summed E-state index contributed by atoms with van der Waals surface area (Å²) < 4.78 is 40.2. The van der Waals surface area contributed by atoms with Crippen molar-refractivity contribution in [3.63, 3.8) is 0 Å². The molecule has 1 aliphatic carbocycles. The van der Waals surface area contributed by atoms with E-state index in [0.717, 1.165) is 12.1 Å². The van der Waals surface area contributed by atoms with Crippen LogP contribution in [0.15, 0.2) is 21.5 Å². The van der Waals surface area contributed by atoms with Crippen LogP contribution in [-0.4, -0.2) is 39.5 Å². The molecule has 0 aromatic heterocycles. The van der Waals surface area contributed by atoms with Gasteiger partial charge in [-0.2, -0.15) is 0 Å². The lowest BCUT2D eigenvalue weighted by molar-refractivity contribution is 0.329. The number of nitrogens with two attached hydrogens (primary N) is 1. The Bertz CT molecular complexity index is 605. The molecule has 1 aromatic rings. The highest BCUT2D eigenvalue weighted by atomic mass is 79.9. The normalized spacial score (nSPS) is 15.8. The average molecular weight is 366 g/mol. The lowest BCUT2D eigenvalue weighted by Gasteiger charge is -2.16. The van der Waals surface area contributed by atoms with E-state index < -0.39 is 15.8 Å². The third-order valence-corrected chi connectivity index (χ3v) is 5.69. The Balaban J connectivity index is 2.04. The third kappa shape index (κ3) is 3.69. The number of nitrogens with one attached hydrogen (secondary N) is 1. The van der Waals surface area contributed by atoms with Crippen LogP contribution in [0.5, 0.6) is 0 Å². The Labute approximate surface area is 126 Å². The van der Waals surface area contributed by atoms with Crippen molar-refractivity contribution >= 4 is 31.6 Å². The van der Waals surface area contributed by atoms with Gasteiger partial charge in [0.25, 0.3) is 0 Å². The molecule has 112 valence electrons. The van der Waals surface area contributed by atoms with E-state index in [2.05, 4.69) is 25.6 Å². The maximum atomic E-state index is 13.2. The van der Waals surface area contributed by atoms with Crippen LogP contribution in [0.4, 0.5) is 10.1 Å². The minimum absolute atomic E-state index is 0.0505. The molecule has 0 saturated heterocycles. The molecule has 1 saturated carbocycles. The largest absolute Gasteiger partial charge is 0.396 e. The molecule has 3 N–H and O–H groups in total. The molecule has 5 nitrogen and oxygen atoms in total. The molecule has 0 atom stereocenters. The predicted molar refractivity (Wildman–Crippen MR) is 79.4 cm³/mol. The lowest BCUT2D eigenvalue weighted by atomic mass is 10.3. The number of nitrogens with zero attached hydrogens (tertiary/aromatic N) is 1. The van der Waals surface area contributed by atoms with Gasteiger partial charge in [0.2, 0.25) is 10.0 Å². The lowest BCUT2D eigenvalue weighted by Crippen LogP contribution is -2.34. The monoisotopic (exact) mass is 365 g/mol. The van der Waals surface area contributed by atoms with Gasteiger partial charge in [-0.3, -0.25) is 0 Å². The van der Waals surface area contributed by atoms with Crippen molar-refractivity contribution in [1.29, 1.82) is 0 Å². The fourth-order valence-corrected chi connectivity index (χ4v) is 3.95.